The summed E-state index contributed by atoms with van der Waals surface area (Å²) in [7, 11) is 0. The van der Waals surface area contributed by atoms with Crippen LogP contribution in [0.3, 0.4) is 0 Å². The number of hydrogen-bond donors (Lipinski definition) is 8. The summed E-state index contributed by atoms with van der Waals surface area (Å²) >= 11 is 0. The molecule has 0 unspecified atom stereocenters. The van der Waals surface area contributed by atoms with Gasteiger partial charge in [-0.1, -0.05) is 6.92 Å². The van der Waals surface area contributed by atoms with Crippen molar-refractivity contribution in [2.75, 3.05) is 13.2 Å². The van der Waals surface area contributed by atoms with Gasteiger partial charge >= 0.3 is 5.97 Å². The lowest BCUT2D eigenvalue weighted by Gasteiger charge is -2.68. The molecule has 4 saturated carbocycles. The predicted molar refractivity (Wildman–Crippen MR) is 139 cm³/mol. The Hall–Kier alpha value is -1.19. The molecule has 4 aliphatic carbocycles. The van der Waals surface area contributed by atoms with Crippen molar-refractivity contribution in [3.8, 4) is 0 Å². The molecule has 2 aliphatic heterocycles. The SMILES string of the molecule is C[C@H]1O[C@@H](O[C@@H]2C[C@H](O)[C@]3(CO)[C@@H]4[C@@H](CC[C@]3(O)C2)[C@]2(O)CC[C@H](C3=CC(=O)OC3)[C@@]2(C)C[C@@H]4O)[C@@H](O)[C@@H](O)[C@@H]1O. The molecule has 0 radical (unpaired) electrons. The van der Waals surface area contributed by atoms with Crippen molar-refractivity contribution in [1.29, 1.82) is 0 Å². The number of aliphatic hydroxyl groups is 8. The second-order valence-electron chi connectivity index (χ2n) is 13.8. The van der Waals surface area contributed by atoms with E-state index < -0.39 is 95.5 Å². The number of carbonyl (C=O) groups excluding carboxylic acids is 1. The fourth-order valence-corrected chi connectivity index (χ4v) is 10.1. The second kappa shape index (κ2) is 9.91. The van der Waals surface area contributed by atoms with Crippen LogP contribution < -0.4 is 0 Å². The van der Waals surface area contributed by atoms with Gasteiger partial charge in [0.2, 0.25) is 0 Å². The van der Waals surface area contributed by atoms with Gasteiger partial charge in [0.25, 0.3) is 0 Å². The van der Waals surface area contributed by atoms with E-state index in [4.69, 9.17) is 14.2 Å². The van der Waals surface area contributed by atoms with Crippen LogP contribution in [0.2, 0.25) is 0 Å². The Morgan fingerprint density at radius 3 is 2.41 bits per heavy atom. The minimum Gasteiger partial charge on any atom is -0.458 e. The molecular weight excluding hydrogens is 540 g/mol. The van der Waals surface area contributed by atoms with Gasteiger partial charge < -0.3 is 55.1 Å². The molecule has 12 heteroatoms. The third-order valence-corrected chi connectivity index (χ3v) is 12.2. The molecule has 2 heterocycles. The molecule has 12 nitrogen and oxygen atoms in total. The van der Waals surface area contributed by atoms with Crippen LogP contribution in [0.5, 0.6) is 0 Å². The summed E-state index contributed by atoms with van der Waals surface area (Å²) in [5, 5.41) is 89.6. The Morgan fingerprint density at radius 2 is 1.76 bits per heavy atom. The van der Waals surface area contributed by atoms with Crippen LogP contribution in [-0.2, 0) is 19.0 Å². The maximum Gasteiger partial charge on any atom is 0.331 e. The third kappa shape index (κ3) is 3.99. The van der Waals surface area contributed by atoms with Gasteiger partial charge in [0, 0.05) is 30.3 Å². The van der Waals surface area contributed by atoms with Crippen molar-refractivity contribution in [1.82, 2.24) is 0 Å². The third-order valence-electron chi connectivity index (χ3n) is 12.2. The zero-order valence-electron chi connectivity index (χ0n) is 23.5. The molecule has 8 N–H and O–H groups in total. The van der Waals surface area contributed by atoms with Crippen molar-refractivity contribution in [3.63, 3.8) is 0 Å². The van der Waals surface area contributed by atoms with Crippen LogP contribution in [0.15, 0.2) is 11.6 Å². The lowest BCUT2D eigenvalue weighted by Crippen LogP contribution is -2.76. The molecule has 0 aromatic heterocycles. The van der Waals surface area contributed by atoms with Gasteiger partial charge in [-0.05, 0) is 56.4 Å². The van der Waals surface area contributed by atoms with Crippen molar-refractivity contribution in [2.24, 2.45) is 28.6 Å². The number of fused-ring (bicyclic) bond motifs is 5. The topological polar surface area (TPSA) is 207 Å². The summed E-state index contributed by atoms with van der Waals surface area (Å²) < 4.78 is 16.7. The molecule has 0 bridgehead atoms. The molecule has 0 amide bonds. The van der Waals surface area contributed by atoms with Crippen molar-refractivity contribution >= 4 is 5.97 Å². The molecular formula is C29H44O12. The Morgan fingerprint density at radius 1 is 1.02 bits per heavy atom. The summed E-state index contributed by atoms with van der Waals surface area (Å²) in [5.74, 6) is -1.93. The molecule has 15 atom stereocenters. The van der Waals surface area contributed by atoms with E-state index in [9.17, 15) is 45.6 Å². The van der Waals surface area contributed by atoms with Gasteiger partial charge in [-0.15, -0.1) is 0 Å². The number of cyclic esters (lactones) is 1. The smallest absolute Gasteiger partial charge is 0.331 e. The maximum absolute atomic E-state index is 12.4. The fraction of sp³-hybridized carbons (Fsp3) is 0.897. The first-order valence-corrected chi connectivity index (χ1v) is 14.9. The highest BCUT2D eigenvalue weighted by Crippen LogP contribution is 2.70. The van der Waals surface area contributed by atoms with E-state index in [0.717, 1.165) is 5.57 Å². The highest BCUT2D eigenvalue weighted by molar-refractivity contribution is 5.85. The van der Waals surface area contributed by atoms with Gasteiger partial charge in [0.05, 0.1) is 47.6 Å². The largest absolute Gasteiger partial charge is 0.458 e. The maximum atomic E-state index is 12.4. The molecule has 1 saturated heterocycles. The van der Waals surface area contributed by atoms with Crippen LogP contribution >= 0.6 is 0 Å². The highest BCUT2D eigenvalue weighted by atomic mass is 16.7. The summed E-state index contributed by atoms with van der Waals surface area (Å²) in [6.07, 6.45) is -6.68. The van der Waals surface area contributed by atoms with E-state index >= 15 is 0 Å². The number of carbonyl (C=O) groups is 1. The molecule has 0 aromatic rings. The fourth-order valence-electron chi connectivity index (χ4n) is 10.1. The van der Waals surface area contributed by atoms with Crippen LogP contribution in [0.4, 0.5) is 0 Å². The number of esters is 1. The van der Waals surface area contributed by atoms with Gasteiger partial charge in [-0.2, -0.15) is 0 Å². The zero-order chi connectivity index (χ0) is 29.7. The summed E-state index contributed by atoms with van der Waals surface area (Å²) in [4.78, 5) is 11.8. The van der Waals surface area contributed by atoms with Gasteiger partial charge in [0.15, 0.2) is 6.29 Å². The van der Waals surface area contributed by atoms with Gasteiger partial charge in [0.1, 0.15) is 24.9 Å². The Kier molecular flexibility index (Phi) is 7.22. The van der Waals surface area contributed by atoms with E-state index in [1.165, 1.54) is 13.0 Å². The van der Waals surface area contributed by atoms with E-state index in [1.54, 1.807) is 0 Å². The molecule has 6 aliphatic rings. The van der Waals surface area contributed by atoms with E-state index in [-0.39, 0.29) is 38.2 Å². The molecule has 5 fully saturated rings. The molecule has 41 heavy (non-hydrogen) atoms. The van der Waals surface area contributed by atoms with E-state index in [0.29, 0.717) is 19.3 Å². The lowest BCUT2D eigenvalue weighted by atomic mass is 9.40. The Labute approximate surface area is 238 Å². The number of hydrogen-bond acceptors (Lipinski definition) is 12. The highest BCUT2D eigenvalue weighted by Gasteiger charge is 2.75. The van der Waals surface area contributed by atoms with Crippen LogP contribution in [0.1, 0.15) is 58.8 Å². The molecule has 0 aromatic carbocycles. The minimum absolute atomic E-state index is 0.0369. The average Bonchev–Trinajstić information content (AvgIpc) is 3.45. The number of ether oxygens (including phenoxy) is 3. The van der Waals surface area contributed by atoms with Gasteiger partial charge in [-0.3, -0.25) is 0 Å². The van der Waals surface area contributed by atoms with Crippen molar-refractivity contribution in [3.05, 3.63) is 11.6 Å². The van der Waals surface area contributed by atoms with Crippen LogP contribution in [0, 0.1) is 28.6 Å². The standard InChI is InChI=1S/C29H44O12/c1-13-22(34)23(35)24(36)25(40-13)41-15-8-19(32)28(12-30)21-17(3-5-27(28,37)9-15)29(38)6-4-16(14-7-20(33)39-11-14)26(29,2)10-18(21)31/h7,13,15-19,21-25,30-32,34-38H,3-6,8-12H2,1-2H3/t13-,15-,16-,17-,18+,19+,21-,22-,23+,24+,25+,26-,27+,28-,29-/m1/s1. The average molecular weight is 585 g/mol. The second-order valence-corrected chi connectivity index (χ2v) is 13.8. The number of rotatable bonds is 4. The lowest BCUT2D eigenvalue weighted by molar-refractivity contribution is -0.342. The summed E-state index contributed by atoms with van der Waals surface area (Å²) in [5.41, 5.74) is -4.46. The van der Waals surface area contributed by atoms with Gasteiger partial charge in [-0.25, -0.2) is 4.79 Å². The molecule has 6 rings (SSSR count). The predicted octanol–water partition coefficient (Wildman–Crippen LogP) is -1.51. The van der Waals surface area contributed by atoms with Crippen LogP contribution in [-0.4, -0.2) is 120 Å². The Balaban J connectivity index is 1.28. The summed E-state index contributed by atoms with van der Waals surface area (Å²) in [6, 6.07) is 0. The molecule has 232 valence electrons. The van der Waals surface area contributed by atoms with E-state index in [1.807, 2.05) is 6.92 Å². The first-order chi connectivity index (χ1) is 19.2. The first-order valence-electron chi connectivity index (χ1n) is 14.9. The van der Waals surface area contributed by atoms with E-state index in [2.05, 4.69) is 0 Å². The number of aliphatic hydroxyl groups excluding tert-OH is 6. The minimum atomic E-state index is -1.67. The monoisotopic (exact) mass is 584 g/mol. The normalized spacial score (nSPS) is 56.9. The van der Waals surface area contributed by atoms with Crippen molar-refractivity contribution in [2.45, 2.75) is 119 Å². The van der Waals surface area contributed by atoms with Crippen molar-refractivity contribution < 1.29 is 59.9 Å². The summed E-state index contributed by atoms with van der Waals surface area (Å²) in [6.45, 7) is 3.00. The first kappa shape index (κ1) is 29.9. The zero-order valence-corrected chi connectivity index (χ0v) is 23.5. The molecule has 0 spiro atoms. The Bertz CT molecular complexity index is 1080. The van der Waals surface area contributed by atoms with Crippen LogP contribution in [0.25, 0.3) is 0 Å². The quantitative estimate of drug-likeness (QED) is 0.140.